The summed E-state index contributed by atoms with van der Waals surface area (Å²) in [7, 11) is 0. The van der Waals surface area contributed by atoms with Gasteiger partial charge in [0, 0.05) is 26.3 Å². The van der Waals surface area contributed by atoms with Crippen LogP contribution in [0.2, 0.25) is 0 Å². The minimum atomic E-state index is 0. The first kappa shape index (κ1) is 29.0. The summed E-state index contributed by atoms with van der Waals surface area (Å²) >= 11 is 0. The first-order valence-electron chi connectivity index (χ1n) is 15.3. The number of aromatic nitrogens is 2. The van der Waals surface area contributed by atoms with E-state index in [0.717, 1.165) is 53.7 Å². The normalized spacial score (nSPS) is 12.4. The molecular formula is C42H30IrN2-2. The van der Waals surface area contributed by atoms with E-state index >= 15 is 0 Å². The number of rotatable bonds is 3. The molecule has 0 unspecified atom stereocenters. The SMILES string of the molecule is [Ir].[c-]1c(-c2ccc3ccccc3n2)cc2c3c1CCc1cccc(c1-3)CC2.[c-]1ccccc1-c1cc(-c2ccccc2)ccn1. The Morgan fingerprint density at radius 2 is 1.31 bits per heavy atom. The average molecular weight is 755 g/mol. The van der Waals surface area contributed by atoms with Gasteiger partial charge in [-0.3, -0.25) is 4.98 Å². The molecule has 2 aliphatic rings. The van der Waals surface area contributed by atoms with Crippen LogP contribution in [0.3, 0.4) is 0 Å². The van der Waals surface area contributed by atoms with Gasteiger partial charge in [-0.1, -0.05) is 96.1 Å². The second-order valence-electron chi connectivity index (χ2n) is 11.5. The summed E-state index contributed by atoms with van der Waals surface area (Å²) in [5.41, 5.74) is 16.5. The molecule has 0 saturated carbocycles. The van der Waals surface area contributed by atoms with E-state index in [1.807, 2.05) is 54.7 Å². The fourth-order valence-electron chi connectivity index (χ4n) is 6.61. The summed E-state index contributed by atoms with van der Waals surface area (Å²) in [4.78, 5) is 9.30. The van der Waals surface area contributed by atoms with E-state index in [-0.39, 0.29) is 20.1 Å². The van der Waals surface area contributed by atoms with Crippen molar-refractivity contribution >= 4 is 10.9 Å². The van der Waals surface area contributed by atoms with Crippen molar-refractivity contribution in [3.8, 4) is 44.8 Å². The molecule has 0 aliphatic heterocycles. The summed E-state index contributed by atoms with van der Waals surface area (Å²) in [5.74, 6) is 0. The van der Waals surface area contributed by atoms with Crippen molar-refractivity contribution in [1.82, 2.24) is 9.97 Å². The van der Waals surface area contributed by atoms with Gasteiger partial charge < -0.3 is 4.98 Å². The van der Waals surface area contributed by atoms with Gasteiger partial charge in [-0.25, -0.2) is 0 Å². The Morgan fingerprint density at radius 3 is 2.16 bits per heavy atom. The van der Waals surface area contributed by atoms with Crippen molar-refractivity contribution in [2.24, 2.45) is 0 Å². The molecule has 9 rings (SSSR count). The summed E-state index contributed by atoms with van der Waals surface area (Å²) in [6.07, 6.45) is 6.32. The number of pyridine rings is 2. The van der Waals surface area contributed by atoms with Crippen LogP contribution < -0.4 is 0 Å². The number of aryl methyl sites for hydroxylation is 4. The van der Waals surface area contributed by atoms with Gasteiger partial charge in [0.2, 0.25) is 0 Å². The molecule has 0 spiro atoms. The number of fused-ring (bicyclic) bond motifs is 1. The van der Waals surface area contributed by atoms with Gasteiger partial charge in [-0.05, 0) is 76.8 Å². The smallest absolute Gasteiger partial charge is 0.0595 e. The van der Waals surface area contributed by atoms with Crippen LogP contribution in [-0.2, 0) is 45.8 Å². The maximum Gasteiger partial charge on any atom is 0.0595 e. The second-order valence-corrected chi connectivity index (χ2v) is 11.5. The van der Waals surface area contributed by atoms with E-state index in [0.29, 0.717) is 0 Å². The molecule has 0 atom stereocenters. The van der Waals surface area contributed by atoms with Crippen LogP contribution >= 0.6 is 0 Å². The van der Waals surface area contributed by atoms with Gasteiger partial charge >= 0.3 is 0 Å². The second kappa shape index (κ2) is 12.7. The van der Waals surface area contributed by atoms with Crippen molar-refractivity contribution in [2.45, 2.75) is 25.7 Å². The quantitative estimate of drug-likeness (QED) is 0.168. The molecular weight excluding hydrogens is 725 g/mol. The molecule has 2 aliphatic carbocycles. The largest absolute Gasteiger partial charge is 0.305 e. The molecule has 0 fully saturated rings. The molecule has 219 valence electrons. The number of para-hydroxylation sites is 1. The molecule has 3 heteroatoms. The van der Waals surface area contributed by atoms with Gasteiger partial charge in [0.15, 0.2) is 0 Å². The number of hydrogen-bond acceptors (Lipinski definition) is 2. The van der Waals surface area contributed by atoms with E-state index in [2.05, 4.69) is 96.0 Å². The molecule has 0 amide bonds. The van der Waals surface area contributed by atoms with Crippen molar-refractivity contribution < 1.29 is 20.1 Å². The summed E-state index contributed by atoms with van der Waals surface area (Å²) < 4.78 is 0. The van der Waals surface area contributed by atoms with Crippen LogP contribution in [0, 0.1) is 12.1 Å². The zero-order valence-electron chi connectivity index (χ0n) is 24.8. The molecule has 45 heavy (non-hydrogen) atoms. The first-order valence-corrected chi connectivity index (χ1v) is 15.3. The van der Waals surface area contributed by atoms with Crippen LogP contribution in [0.25, 0.3) is 55.7 Å². The Kier molecular flexibility index (Phi) is 8.22. The molecule has 5 aromatic carbocycles. The maximum absolute atomic E-state index is 4.90. The third-order valence-corrected chi connectivity index (χ3v) is 8.75. The van der Waals surface area contributed by atoms with Gasteiger partial charge in [0.05, 0.1) is 5.52 Å². The molecule has 7 aromatic rings. The molecule has 1 radical (unpaired) electrons. The summed E-state index contributed by atoms with van der Waals surface area (Å²) in [5, 5.41) is 1.19. The van der Waals surface area contributed by atoms with E-state index in [1.165, 1.54) is 49.9 Å². The minimum absolute atomic E-state index is 0. The predicted molar refractivity (Wildman–Crippen MR) is 180 cm³/mol. The van der Waals surface area contributed by atoms with E-state index in [4.69, 9.17) is 4.98 Å². The predicted octanol–water partition coefficient (Wildman–Crippen LogP) is 9.78. The molecule has 2 nitrogen and oxygen atoms in total. The fourth-order valence-corrected chi connectivity index (χ4v) is 6.61. The van der Waals surface area contributed by atoms with Gasteiger partial charge in [-0.15, -0.1) is 64.7 Å². The van der Waals surface area contributed by atoms with E-state index < -0.39 is 0 Å². The molecule has 0 bridgehead atoms. The number of hydrogen-bond donors (Lipinski definition) is 0. The van der Waals surface area contributed by atoms with Crippen molar-refractivity contribution in [1.29, 1.82) is 0 Å². The molecule has 2 heterocycles. The molecule has 0 saturated heterocycles. The van der Waals surface area contributed by atoms with Gasteiger partial charge in [0.1, 0.15) is 0 Å². The summed E-state index contributed by atoms with van der Waals surface area (Å²) in [6.45, 7) is 0. The Labute approximate surface area is 278 Å². The maximum atomic E-state index is 4.90. The van der Waals surface area contributed by atoms with Crippen molar-refractivity contribution in [3.05, 3.63) is 168 Å². The monoisotopic (exact) mass is 755 g/mol. The Bertz CT molecular complexity index is 2020. The van der Waals surface area contributed by atoms with E-state index in [9.17, 15) is 0 Å². The Balaban J connectivity index is 0.000000151. The summed E-state index contributed by atoms with van der Waals surface area (Å²) in [6, 6.07) is 51.1. The van der Waals surface area contributed by atoms with Crippen molar-refractivity contribution in [3.63, 3.8) is 0 Å². The molecule has 2 aromatic heterocycles. The first-order chi connectivity index (χ1) is 21.8. The zero-order valence-corrected chi connectivity index (χ0v) is 27.2. The number of benzene rings is 5. The topological polar surface area (TPSA) is 25.8 Å². The van der Waals surface area contributed by atoms with Gasteiger partial charge in [-0.2, -0.15) is 0 Å². The van der Waals surface area contributed by atoms with Crippen LogP contribution in [0.15, 0.2) is 134 Å². The van der Waals surface area contributed by atoms with Gasteiger partial charge in [0.25, 0.3) is 0 Å². The molecule has 0 N–H and O–H groups in total. The van der Waals surface area contributed by atoms with E-state index in [1.54, 1.807) is 0 Å². The Morgan fingerprint density at radius 1 is 0.533 bits per heavy atom. The minimum Gasteiger partial charge on any atom is -0.305 e. The third kappa shape index (κ3) is 5.78. The van der Waals surface area contributed by atoms with Crippen LogP contribution in [-0.4, -0.2) is 9.97 Å². The standard InChI is InChI=1S/C25H18N.C17H12N.Ir/c1-2-7-22-16(4-1)12-13-23(26-22)21-14-19-10-8-17-5-3-6-18-9-11-20(15-21)25(19)24(17)18;1-3-7-14(8-4-1)16-11-12-18-17(13-16)15-9-5-2-6-10-15;/h1-7,12-14H,8-11H2;1-9,11-13H;/q2*-1;. The van der Waals surface area contributed by atoms with Crippen LogP contribution in [0.1, 0.15) is 22.3 Å². The van der Waals surface area contributed by atoms with Crippen molar-refractivity contribution in [2.75, 3.05) is 0 Å². The fraction of sp³-hybridized carbons (Fsp3) is 0.0952. The third-order valence-electron chi connectivity index (χ3n) is 8.75. The Hall–Kier alpha value is -4.69. The number of nitrogens with zero attached hydrogens (tertiary/aromatic N) is 2. The zero-order chi connectivity index (χ0) is 29.3. The van der Waals surface area contributed by atoms with Crippen LogP contribution in [0.5, 0.6) is 0 Å². The average Bonchev–Trinajstić information content (AvgIpc) is 3.11. The van der Waals surface area contributed by atoms with Crippen LogP contribution in [0.4, 0.5) is 0 Å².